The highest BCUT2D eigenvalue weighted by molar-refractivity contribution is 5.54. The van der Waals surface area contributed by atoms with Crippen molar-refractivity contribution in [2.75, 3.05) is 12.3 Å². The summed E-state index contributed by atoms with van der Waals surface area (Å²) in [7, 11) is 0. The van der Waals surface area contributed by atoms with Crippen LogP contribution in [0.5, 0.6) is 5.75 Å². The van der Waals surface area contributed by atoms with E-state index in [0.717, 1.165) is 22.6 Å². The first-order valence-corrected chi connectivity index (χ1v) is 4.25. The van der Waals surface area contributed by atoms with Crippen molar-refractivity contribution in [2.24, 2.45) is 0 Å². The molecule has 0 aliphatic carbocycles. The Morgan fingerprint density at radius 3 is 2.69 bits per heavy atom. The van der Waals surface area contributed by atoms with E-state index in [1.807, 2.05) is 26.0 Å². The molecule has 0 aromatic heterocycles. The largest absolute Gasteiger partial charge is 0.489 e. The van der Waals surface area contributed by atoms with Crippen LogP contribution in [0.1, 0.15) is 11.1 Å². The third-order valence-corrected chi connectivity index (χ3v) is 1.92. The second kappa shape index (κ2) is 3.99. The summed E-state index contributed by atoms with van der Waals surface area (Å²) < 4.78 is 5.42. The van der Waals surface area contributed by atoms with E-state index in [0.29, 0.717) is 6.61 Å². The SMILES string of the molecule is C=CCOc1cc(N)c(C)cc1C. The lowest BCUT2D eigenvalue weighted by molar-refractivity contribution is 0.361. The minimum atomic E-state index is 0.517. The van der Waals surface area contributed by atoms with Crippen molar-refractivity contribution in [3.63, 3.8) is 0 Å². The van der Waals surface area contributed by atoms with Crippen LogP contribution in [-0.4, -0.2) is 6.61 Å². The average molecular weight is 177 g/mol. The van der Waals surface area contributed by atoms with Crippen molar-refractivity contribution in [1.29, 1.82) is 0 Å². The van der Waals surface area contributed by atoms with E-state index < -0.39 is 0 Å². The van der Waals surface area contributed by atoms with Crippen molar-refractivity contribution in [3.05, 3.63) is 35.9 Å². The summed E-state index contributed by atoms with van der Waals surface area (Å²) in [6.45, 7) is 8.10. The molecule has 0 saturated carbocycles. The predicted octanol–water partition coefficient (Wildman–Crippen LogP) is 2.45. The zero-order valence-electron chi connectivity index (χ0n) is 8.13. The molecule has 0 radical (unpaired) electrons. The molecule has 2 nitrogen and oxygen atoms in total. The van der Waals surface area contributed by atoms with Gasteiger partial charge in [-0.2, -0.15) is 0 Å². The van der Waals surface area contributed by atoms with Gasteiger partial charge < -0.3 is 10.5 Å². The van der Waals surface area contributed by atoms with Crippen LogP contribution < -0.4 is 10.5 Å². The molecule has 70 valence electrons. The molecule has 0 amide bonds. The van der Waals surface area contributed by atoms with Crippen LogP contribution in [0.15, 0.2) is 24.8 Å². The van der Waals surface area contributed by atoms with Crippen molar-refractivity contribution in [2.45, 2.75) is 13.8 Å². The summed E-state index contributed by atoms with van der Waals surface area (Å²) in [5.74, 6) is 0.836. The second-order valence-corrected chi connectivity index (χ2v) is 3.07. The highest BCUT2D eigenvalue weighted by Crippen LogP contribution is 2.24. The van der Waals surface area contributed by atoms with Gasteiger partial charge in [0, 0.05) is 11.8 Å². The van der Waals surface area contributed by atoms with Crippen LogP contribution in [0.4, 0.5) is 5.69 Å². The van der Waals surface area contributed by atoms with Crippen LogP contribution in [0.25, 0.3) is 0 Å². The molecule has 0 atom stereocenters. The lowest BCUT2D eigenvalue weighted by Crippen LogP contribution is -1.98. The van der Waals surface area contributed by atoms with Gasteiger partial charge in [-0.1, -0.05) is 18.7 Å². The summed E-state index contributed by atoms with van der Waals surface area (Å²) in [6, 6.07) is 3.88. The number of hydrogen-bond donors (Lipinski definition) is 1. The second-order valence-electron chi connectivity index (χ2n) is 3.07. The van der Waals surface area contributed by atoms with Crippen molar-refractivity contribution in [1.82, 2.24) is 0 Å². The minimum absolute atomic E-state index is 0.517. The Kier molecular flexibility index (Phi) is 2.96. The van der Waals surface area contributed by atoms with Crippen LogP contribution in [0.3, 0.4) is 0 Å². The molecule has 0 aliphatic heterocycles. The maximum atomic E-state index is 5.76. The molecular weight excluding hydrogens is 162 g/mol. The number of aryl methyl sites for hydroxylation is 2. The van der Waals surface area contributed by atoms with Gasteiger partial charge in [-0.05, 0) is 25.0 Å². The monoisotopic (exact) mass is 177 g/mol. The van der Waals surface area contributed by atoms with E-state index in [2.05, 4.69) is 6.58 Å². The van der Waals surface area contributed by atoms with Gasteiger partial charge in [-0.3, -0.25) is 0 Å². The van der Waals surface area contributed by atoms with E-state index in [4.69, 9.17) is 10.5 Å². The van der Waals surface area contributed by atoms with Crippen LogP contribution in [0, 0.1) is 13.8 Å². The van der Waals surface area contributed by atoms with E-state index in [-0.39, 0.29) is 0 Å². The molecule has 0 fully saturated rings. The zero-order chi connectivity index (χ0) is 9.84. The Morgan fingerprint density at radius 2 is 2.08 bits per heavy atom. The number of anilines is 1. The molecule has 0 heterocycles. The first-order chi connectivity index (χ1) is 6.15. The Balaban J connectivity index is 2.94. The first-order valence-electron chi connectivity index (χ1n) is 4.25. The number of nitrogens with two attached hydrogens (primary N) is 1. The summed E-state index contributed by atoms with van der Waals surface area (Å²) in [5, 5.41) is 0. The van der Waals surface area contributed by atoms with Gasteiger partial charge in [0.25, 0.3) is 0 Å². The van der Waals surface area contributed by atoms with Crippen LogP contribution in [-0.2, 0) is 0 Å². The molecular formula is C11H15NO. The van der Waals surface area contributed by atoms with Gasteiger partial charge >= 0.3 is 0 Å². The number of nitrogen functional groups attached to an aromatic ring is 1. The normalized spacial score (nSPS) is 9.69. The molecule has 13 heavy (non-hydrogen) atoms. The fraction of sp³-hybridized carbons (Fsp3) is 0.273. The first kappa shape index (κ1) is 9.65. The fourth-order valence-electron chi connectivity index (χ4n) is 1.15. The van der Waals surface area contributed by atoms with E-state index in [1.54, 1.807) is 6.08 Å². The maximum Gasteiger partial charge on any atom is 0.124 e. The van der Waals surface area contributed by atoms with E-state index in [1.165, 1.54) is 0 Å². The Morgan fingerprint density at radius 1 is 1.38 bits per heavy atom. The lowest BCUT2D eigenvalue weighted by Gasteiger charge is -2.09. The Bertz CT molecular complexity index is 318. The van der Waals surface area contributed by atoms with Crippen molar-refractivity contribution < 1.29 is 4.74 Å². The number of rotatable bonds is 3. The third-order valence-electron chi connectivity index (χ3n) is 1.92. The van der Waals surface area contributed by atoms with Gasteiger partial charge in [0.1, 0.15) is 12.4 Å². The summed E-state index contributed by atoms with van der Waals surface area (Å²) in [6.07, 6.45) is 1.72. The Hall–Kier alpha value is -1.44. The predicted molar refractivity (Wildman–Crippen MR) is 56.0 cm³/mol. The van der Waals surface area contributed by atoms with E-state index >= 15 is 0 Å². The molecule has 0 spiro atoms. The molecule has 0 aliphatic rings. The summed E-state index contributed by atoms with van der Waals surface area (Å²) in [5.41, 5.74) is 8.72. The van der Waals surface area contributed by atoms with Gasteiger partial charge in [0.2, 0.25) is 0 Å². The quantitative estimate of drug-likeness (QED) is 0.568. The highest BCUT2D eigenvalue weighted by atomic mass is 16.5. The molecule has 0 saturated heterocycles. The van der Waals surface area contributed by atoms with Gasteiger partial charge in [-0.25, -0.2) is 0 Å². The molecule has 2 heteroatoms. The molecule has 2 N–H and O–H groups in total. The topological polar surface area (TPSA) is 35.2 Å². The van der Waals surface area contributed by atoms with Gasteiger partial charge in [0.15, 0.2) is 0 Å². The smallest absolute Gasteiger partial charge is 0.124 e. The number of benzene rings is 1. The standard InChI is InChI=1S/C11H15NO/c1-4-5-13-11-7-10(12)8(2)6-9(11)3/h4,6-7H,1,5,12H2,2-3H3. The highest BCUT2D eigenvalue weighted by Gasteiger charge is 2.01. The molecule has 1 rings (SSSR count). The van der Waals surface area contributed by atoms with Gasteiger partial charge in [0.05, 0.1) is 0 Å². The minimum Gasteiger partial charge on any atom is -0.489 e. The third kappa shape index (κ3) is 2.25. The van der Waals surface area contributed by atoms with Gasteiger partial charge in [-0.15, -0.1) is 0 Å². The molecule has 1 aromatic rings. The molecule has 0 unspecified atom stereocenters. The van der Waals surface area contributed by atoms with Crippen LogP contribution in [0.2, 0.25) is 0 Å². The summed E-state index contributed by atoms with van der Waals surface area (Å²) in [4.78, 5) is 0. The number of hydrogen-bond acceptors (Lipinski definition) is 2. The lowest BCUT2D eigenvalue weighted by atomic mass is 10.1. The average Bonchev–Trinajstić information content (AvgIpc) is 2.09. The van der Waals surface area contributed by atoms with Crippen molar-refractivity contribution in [3.8, 4) is 5.75 Å². The summed E-state index contributed by atoms with van der Waals surface area (Å²) >= 11 is 0. The fourth-order valence-corrected chi connectivity index (χ4v) is 1.15. The van der Waals surface area contributed by atoms with E-state index in [9.17, 15) is 0 Å². The van der Waals surface area contributed by atoms with Crippen LogP contribution >= 0.6 is 0 Å². The zero-order valence-corrected chi connectivity index (χ0v) is 8.13. The van der Waals surface area contributed by atoms with Crippen molar-refractivity contribution >= 4 is 5.69 Å². The molecule has 0 bridgehead atoms. The molecule has 1 aromatic carbocycles. The Labute approximate surface area is 79.0 Å². The maximum absolute atomic E-state index is 5.76. The number of ether oxygens (including phenoxy) is 1.